The molecular formula is C22H25NO5. The van der Waals surface area contributed by atoms with E-state index < -0.39 is 30.6 Å². The van der Waals surface area contributed by atoms with Crippen LogP contribution in [-0.2, 0) is 9.53 Å². The maximum atomic E-state index is 12.3. The van der Waals surface area contributed by atoms with Gasteiger partial charge in [0.2, 0.25) is 0 Å². The maximum absolute atomic E-state index is 12.3. The summed E-state index contributed by atoms with van der Waals surface area (Å²) in [6.07, 6.45) is -2.28. The number of aliphatic hydroxyl groups excluding tert-OH is 1. The number of hydrogen-bond acceptors (Lipinski definition) is 4. The molecule has 6 nitrogen and oxygen atoms in total. The van der Waals surface area contributed by atoms with Crippen molar-refractivity contribution in [3.63, 3.8) is 0 Å². The van der Waals surface area contributed by atoms with Crippen LogP contribution in [0.25, 0.3) is 11.1 Å². The van der Waals surface area contributed by atoms with Gasteiger partial charge < -0.3 is 20.3 Å². The lowest BCUT2D eigenvalue weighted by Gasteiger charge is -2.26. The minimum Gasteiger partial charge on any atom is -0.481 e. The normalized spacial score (nSPS) is 14.9. The number of amides is 1. The molecule has 28 heavy (non-hydrogen) atoms. The van der Waals surface area contributed by atoms with Gasteiger partial charge in [-0.1, -0.05) is 62.4 Å². The van der Waals surface area contributed by atoms with Gasteiger partial charge in [0.05, 0.1) is 18.6 Å². The van der Waals surface area contributed by atoms with Crippen molar-refractivity contribution in [1.82, 2.24) is 5.32 Å². The second kappa shape index (κ2) is 8.44. The predicted octanol–water partition coefficient (Wildman–Crippen LogP) is 3.39. The third-order valence-corrected chi connectivity index (χ3v) is 5.14. The first-order valence-corrected chi connectivity index (χ1v) is 9.39. The van der Waals surface area contributed by atoms with Crippen LogP contribution >= 0.6 is 0 Å². The molecule has 0 bridgehead atoms. The fourth-order valence-electron chi connectivity index (χ4n) is 3.79. The Morgan fingerprint density at radius 2 is 1.57 bits per heavy atom. The second-order valence-corrected chi connectivity index (χ2v) is 7.40. The highest BCUT2D eigenvalue weighted by molar-refractivity contribution is 5.79. The molecule has 2 aromatic rings. The molecule has 3 N–H and O–H groups in total. The molecule has 1 unspecified atom stereocenters. The highest BCUT2D eigenvalue weighted by Gasteiger charge is 2.30. The summed E-state index contributed by atoms with van der Waals surface area (Å²) in [5.74, 6) is -1.32. The van der Waals surface area contributed by atoms with Crippen LogP contribution in [0.4, 0.5) is 4.79 Å². The van der Waals surface area contributed by atoms with Gasteiger partial charge in [-0.3, -0.25) is 4.79 Å². The average Bonchev–Trinajstić information content (AvgIpc) is 2.97. The van der Waals surface area contributed by atoms with Crippen molar-refractivity contribution in [2.45, 2.75) is 38.3 Å². The van der Waals surface area contributed by atoms with E-state index in [9.17, 15) is 14.7 Å². The van der Waals surface area contributed by atoms with Gasteiger partial charge in [-0.15, -0.1) is 0 Å². The van der Waals surface area contributed by atoms with Gasteiger partial charge in [-0.05, 0) is 28.2 Å². The minimum atomic E-state index is -1.18. The molecular weight excluding hydrogens is 358 g/mol. The number of carbonyl (C=O) groups is 2. The van der Waals surface area contributed by atoms with E-state index in [0.717, 1.165) is 22.3 Å². The number of hydrogen-bond donors (Lipinski definition) is 3. The Bertz CT molecular complexity index is 818. The number of nitrogens with one attached hydrogen (secondary N) is 1. The fraction of sp³-hybridized carbons (Fsp3) is 0.364. The lowest BCUT2D eigenvalue weighted by Crippen LogP contribution is -2.47. The Hall–Kier alpha value is -2.86. The summed E-state index contributed by atoms with van der Waals surface area (Å²) in [4.78, 5) is 23.2. The topological polar surface area (TPSA) is 95.9 Å². The van der Waals surface area contributed by atoms with Crippen LogP contribution in [0, 0.1) is 5.92 Å². The number of alkyl carbamates (subject to hydrolysis) is 1. The monoisotopic (exact) mass is 383 g/mol. The van der Waals surface area contributed by atoms with Crippen molar-refractivity contribution in [3.05, 3.63) is 59.7 Å². The highest BCUT2D eigenvalue weighted by atomic mass is 16.5. The quantitative estimate of drug-likeness (QED) is 0.681. The van der Waals surface area contributed by atoms with Crippen LogP contribution < -0.4 is 5.32 Å². The molecule has 1 aliphatic carbocycles. The average molecular weight is 383 g/mol. The van der Waals surface area contributed by atoms with Crippen LogP contribution in [0.5, 0.6) is 0 Å². The Morgan fingerprint density at radius 3 is 2.07 bits per heavy atom. The van der Waals surface area contributed by atoms with Gasteiger partial charge in [0.1, 0.15) is 6.61 Å². The van der Waals surface area contributed by atoms with Crippen molar-refractivity contribution < 1.29 is 24.5 Å². The van der Waals surface area contributed by atoms with Crippen LogP contribution in [0.3, 0.4) is 0 Å². The van der Waals surface area contributed by atoms with Gasteiger partial charge in [0, 0.05) is 5.92 Å². The first kappa shape index (κ1) is 19.9. The number of carboxylic acids is 1. The standard InChI is InChI=1S/C22H25NO5/c1-13(2)21(19(24)11-20(25)26)23-22(27)28-12-18-16-9-5-3-7-14(16)15-8-4-6-10-17(15)18/h3-10,13,18-19,21,24H,11-12H2,1-2H3,(H,23,27)(H,25,26)/t19-,21?/m0/s1. The van der Waals surface area contributed by atoms with Crippen molar-refractivity contribution in [3.8, 4) is 11.1 Å². The van der Waals surface area contributed by atoms with E-state index in [1.165, 1.54) is 0 Å². The van der Waals surface area contributed by atoms with Crippen molar-refractivity contribution >= 4 is 12.1 Å². The first-order chi connectivity index (χ1) is 13.4. The summed E-state index contributed by atoms with van der Waals surface area (Å²) >= 11 is 0. The predicted molar refractivity (Wildman–Crippen MR) is 105 cm³/mol. The van der Waals surface area contributed by atoms with Gasteiger partial charge in [-0.25, -0.2) is 4.79 Å². The largest absolute Gasteiger partial charge is 0.481 e. The molecule has 0 aromatic heterocycles. The number of aliphatic carboxylic acids is 1. The summed E-state index contributed by atoms with van der Waals surface area (Å²) < 4.78 is 5.47. The zero-order chi connectivity index (χ0) is 20.3. The summed E-state index contributed by atoms with van der Waals surface area (Å²) in [5, 5.41) is 21.6. The zero-order valence-electron chi connectivity index (χ0n) is 16.0. The minimum absolute atomic E-state index is 0.0559. The third-order valence-electron chi connectivity index (χ3n) is 5.14. The molecule has 2 aromatic carbocycles. The Kier molecular flexibility index (Phi) is 5.99. The Labute approximate surface area is 164 Å². The maximum Gasteiger partial charge on any atom is 0.407 e. The molecule has 0 aliphatic heterocycles. The molecule has 1 aliphatic rings. The number of benzene rings is 2. The van der Waals surface area contributed by atoms with Gasteiger partial charge in [0.25, 0.3) is 0 Å². The number of fused-ring (bicyclic) bond motifs is 3. The van der Waals surface area contributed by atoms with Gasteiger partial charge in [0.15, 0.2) is 0 Å². The number of carboxylic acid groups (broad SMARTS) is 1. The van der Waals surface area contributed by atoms with E-state index in [1.54, 1.807) is 13.8 Å². The van der Waals surface area contributed by atoms with Crippen LogP contribution in [0.1, 0.15) is 37.3 Å². The molecule has 1 amide bonds. The van der Waals surface area contributed by atoms with Crippen LogP contribution in [0.15, 0.2) is 48.5 Å². The second-order valence-electron chi connectivity index (χ2n) is 7.40. The van der Waals surface area contributed by atoms with E-state index in [1.807, 2.05) is 36.4 Å². The molecule has 0 saturated carbocycles. The molecule has 0 heterocycles. The van der Waals surface area contributed by atoms with Crippen LogP contribution in [0.2, 0.25) is 0 Å². The number of aliphatic hydroxyl groups is 1. The third kappa shape index (κ3) is 4.17. The van der Waals surface area contributed by atoms with E-state index in [4.69, 9.17) is 9.84 Å². The molecule has 0 spiro atoms. The molecule has 6 heteroatoms. The van der Waals surface area contributed by atoms with E-state index in [-0.39, 0.29) is 18.4 Å². The first-order valence-electron chi connectivity index (χ1n) is 9.39. The van der Waals surface area contributed by atoms with E-state index in [2.05, 4.69) is 17.4 Å². The van der Waals surface area contributed by atoms with E-state index >= 15 is 0 Å². The molecule has 0 fully saturated rings. The Balaban J connectivity index is 1.68. The molecule has 3 rings (SSSR count). The van der Waals surface area contributed by atoms with Crippen LogP contribution in [-0.4, -0.2) is 41.0 Å². The van der Waals surface area contributed by atoms with E-state index in [0.29, 0.717) is 0 Å². The molecule has 2 atom stereocenters. The highest BCUT2D eigenvalue weighted by Crippen LogP contribution is 2.44. The SMILES string of the molecule is CC(C)C(NC(=O)OCC1c2ccccc2-c2ccccc21)[C@@H](O)CC(=O)O. The summed E-state index contributed by atoms with van der Waals surface area (Å²) in [7, 11) is 0. The van der Waals surface area contributed by atoms with Crippen molar-refractivity contribution in [2.75, 3.05) is 6.61 Å². The van der Waals surface area contributed by atoms with Crippen molar-refractivity contribution in [1.29, 1.82) is 0 Å². The molecule has 0 radical (unpaired) electrons. The lowest BCUT2D eigenvalue weighted by molar-refractivity contribution is -0.139. The number of rotatable bonds is 7. The number of carbonyl (C=O) groups excluding carboxylic acids is 1. The summed E-state index contributed by atoms with van der Waals surface area (Å²) in [5.41, 5.74) is 4.51. The Morgan fingerprint density at radius 1 is 1.04 bits per heavy atom. The summed E-state index contributed by atoms with van der Waals surface area (Å²) in [6, 6.07) is 15.4. The van der Waals surface area contributed by atoms with Gasteiger partial charge in [-0.2, -0.15) is 0 Å². The smallest absolute Gasteiger partial charge is 0.407 e. The molecule has 0 saturated heterocycles. The van der Waals surface area contributed by atoms with Gasteiger partial charge >= 0.3 is 12.1 Å². The molecule has 148 valence electrons. The summed E-state index contributed by atoms with van der Waals surface area (Å²) in [6.45, 7) is 3.78. The van der Waals surface area contributed by atoms with Crippen molar-refractivity contribution in [2.24, 2.45) is 5.92 Å². The number of ether oxygens (including phenoxy) is 1. The fourth-order valence-corrected chi connectivity index (χ4v) is 3.79. The lowest BCUT2D eigenvalue weighted by atomic mass is 9.96. The zero-order valence-corrected chi connectivity index (χ0v) is 16.0.